The van der Waals surface area contributed by atoms with E-state index in [-0.39, 0.29) is 23.9 Å². The molecular weight excluding hydrogens is 506 g/mol. The van der Waals surface area contributed by atoms with Crippen LogP contribution in [0.1, 0.15) is 72.2 Å². The van der Waals surface area contributed by atoms with Crippen molar-refractivity contribution in [3.05, 3.63) is 60.5 Å². The van der Waals surface area contributed by atoms with Crippen LogP contribution >= 0.6 is 0 Å². The number of hydrogen-bond donors (Lipinski definition) is 2. The summed E-state index contributed by atoms with van der Waals surface area (Å²) in [7, 11) is 1.94. The molecule has 3 aliphatic rings. The summed E-state index contributed by atoms with van der Waals surface area (Å²) in [4.78, 5) is 32.5. The molecule has 3 fully saturated rings. The van der Waals surface area contributed by atoms with Gasteiger partial charge in [0.25, 0.3) is 5.91 Å². The second-order valence-corrected chi connectivity index (χ2v) is 11.3. The minimum Gasteiger partial charge on any atom is -0.383 e. The topological polar surface area (TPSA) is 149 Å². The number of carbonyl (C=O) groups excluding carboxylic acids is 1. The van der Waals surface area contributed by atoms with Crippen molar-refractivity contribution in [3.8, 4) is 22.5 Å². The van der Waals surface area contributed by atoms with Gasteiger partial charge in [-0.1, -0.05) is 6.07 Å². The summed E-state index contributed by atoms with van der Waals surface area (Å²) in [6.07, 6.45) is 14.8. The van der Waals surface area contributed by atoms with Gasteiger partial charge in [-0.3, -0.25) is 9.78 Å². The van der Waals surface area contributed by atoms with Crippen LogP contribution in [0.4, 0.5) is 5.82 Å². The smallest absolute Gasteiger partial charge is 0.292 e. The van der Waals surface area contributed by atoms with Gasteiger partial charge in [-0.05, 0) is 50.5 Å². The van der Waals surface area contributed by atoms with Crippen LogP contribution in [-0.2, 0) is 7.05 Å². The Balaban J connectivity index is 1.16. The number of nitrogens with one attached hydrogen (secondary N) is 1. The van der Waals surface area contributed by atoms with E-state index in [9.17, 15) is 4.79 Å². The number of aromatic nitrogens is 9. The van der Waals surface area contributed by atoms with Gasteiger partial charge in [0.15, 0.2) is 5.65 Å². The number of H-pyrrole nitrogens is 1. The SMILES string of the molecule is Cn1cnc(-c2ccc(-c3cnn4c(N)c(C5CC5)c([C@H]5C[C@H]6CC[C@@H](C5)N6C(=O)c5nnc[nH]5)nc34)cn2)c1. The molecule has 0 unspecified atom stereocenters. The molecule has 12 nitrogen and oxygen atoms in total. The Bertz CT molecular complexity index is 1720. The lowest BCUT2D eigenvalue weighted by Crippen LogP contribution is -2.46. The van der Waals surface area contributed by atoms with Crippen LogP contribution < -0.4 is 5.73 Å². The van der Waals surface area contributed by atoms with E-state index in [1.165, 1.54) is 6.33 Å². The van der Waals surface area contributed by atoms with Crippen molar-refractivity contribution in [2.45, 2.75) is 62.4 Å². The molecule has 12 heteroatoms. The minimum atomic E-state index is -0.0616. The maximum atomic E-state index is 13.2. The summed E-state index contributed by atoms with van der Waals surface area (Å²) >= 11 is 0. The first-order valence-electron chi connectivity index (χ1n) is 13.9. The zero-order chi connectivity index (χ0) is 27.0. The van der Waals surface area contributed by atoms with Crippen molar-refractivity contribution in [1.82, 2.24) is 49.2 Å². The number of pyridine rings is 1. The summed E-state index contributed by atoms with van der Waals surface area (Å²) in [5.74, 6) is 1.58. The highest BCUT2D eigenvalue weighted by molar-refractivity contribution is 5.91. The molecule has 1 amide bonds. The van der Waals surface area contributed by atoms with Gasteiger partial charge in [-0.15, -0.1) is 10.2 Å². The van der Waals surface area contributed by atoms with E-state index in [4.69, 9.17) is 10.7 Å². The molecule has 0 spiro atoms. The third-order valence-electron chi connectivity index (χ3n) is 8.75. The number of piperidine rings is 1. The highest BCUT2D eigenvalue weighted by atomic mass is 16.2. The predicted molar refractivity (Wildman–Crippen MR) is 146 cm³/mol. The Morgan fingerprint density at radius 3 is 2.50 bits per heavy atom. The van der Waals surface area contributed by atoms with E-state index in [0.717, 1.165) is 77.9 Å². The number of imidazole rings is 1. The molecule has 0 aromatic carbocycles. The largest absolute Gasteiger partial charge is 0.383 e. The molecule has 1 aliphatic carbocycles. The Kier molecular flexibility index (Phi) is 5.07. The first-order valence-corrected chi connectivity index (χ1v) is 13.9. The van der Waals surface area contributed by atoms with Crippen molar-refractivity contribution in [1.29, 1.82) is 0 Å². The monoisotopic (exact) mass is 535 g/mol. The summed E-state index contributed by atoms with van der Waals surface area (Å²) in [5.41, 5.74) is 13.3. The lowest BCUT2D eigenvalue weighted by atomic mass is 9.85. The van der Waals surface area contributed by atoms with Gasteiger partial charge in [0.2, 0.25) is 5.82 Å². The van der Waals surface area contributed by atoms with Crippen LogP contribution in [0, 0.1) is 0 Å². The molecule has 8 rings (SSSR count). The van der Waals surface area contributed by atoms with Crippen molar-refractivity contribution < 1.29 is 4.79 Å². The van der Waals surface area contributed by atoms with E-state index in [1.54, 1.807) is 10.8 Å². The van der Waals surface area contributed by atoms with Gasteiger partial charge in [0.05, 0.1) is 23.9 Å². The van der Waals surface area contributed by atoms with E-state index < -0.39 is 0 Å². The average Bonchev–Trinajstić information content (AvgIpc) is 3.31. The number of anilines is 1. The van der Waals surface area contributed by atoms with Gasteiger partial charge >= 0.3 is 0 Å². The maximum Gasteiger partial charge on any atom is 0.292 e. The molecule has 5 aromatic heterocycles. The normalized spacial score (nSPS) is 22.3. The lowest BCUT2D eigenvalue weighted by Gasteiger charge is -2.39. The molecule has 5 aromatic rings. The number of nitrogens with zero attached hydrogens (tertiary/aromatic N) is 9. The van der Waals surface area contributed by atoms with E-state index in [2.05, 4.69) is 30.2 Å². The number of nitrogens with two attached hydrogens (primary N) is 1. The number of hydrogen-bond acceptors (Lipinski definition) is 8. The van der Waals surface area contributed by atoms with Crippen LogP contribution in [0.3, 0.4) is 0 Å². The van der Waals surface area contributed by atoms with Crippen molar-refractivity contribution in [3.63, 3.8) is 0 Å². The van der Waals surface area contributed by atoms with E-state index in [0.29, 0.717) is 17.6 Å². The Morgan fingerprint density at radius 1 is 1.02 bits per heavy atom. The fourth-order valence-electron chi connectivity index (χ4n) is 6.76. The van der Waals surface area contributed by atoms with Gasteiger partial charge in [0, 0.05) is 54.1 Å². The minimum absolute atomic E-state index is 0.0616. The van der Waals surface area contributed by atoms with Crippen molar-refractivity contribution in [2.75, 3.05) is 5.73 Å². The highest BCUT2D eigenvalue weighted by Crippen LogP contribution is 2.50. The molecule has 40 heavy (non-hydrogen) atoms. The molecule has 2 bridgehead atoms. The van der Waals surface area contributed by atoms with E-state index >= 15 is 0 Å². The standard InChI is InChI=1S/C28H29N11O/c1-37-12-22(32-14-37)21-7-4-16(10-30-21)20-11-34-39-25(29)23(15-2-3-15)24(35-27(20)39)17-8-18-5-6-19(9-17)38(18)28(40)26-31-13-33-36-26/h4,7,10-15,17-19H,2-3,5-6,8-9,29H2,1H3,(H,31,33,36)/t17-,18+,19-. The third kappa shape index (κ3) is 3.62. The van der Waals surface area contributed by atoms with Gasteiger partial charge in [-0.2, -0.15) is 9.61 Å². The van der Waals surface area contributed by atoms with Crippen LogP contribution in [-0.4, -0.2) is 67.2 Å². The number of aromatic amines is 1. The fourth-order valence-corrected chi connectivity index (χ4v) is 6.76. The molecule has 3 N–H and O–H groups in total. The quantitative estimate of drug-likeness (QED) is 0.348. The number of rotatable bonds is 5. The number of carbonyl (C=O) groups is 1. The molecular formula is C28H29N11O. The predicted octanol–water partition coefficient (Wildman–Crippen LogP) is 3.32. The van der Waals surface area contributed by atoms with Crippen LogP contribution in [0.15, 0.2) is 43.4 Å². The molecule has 0 radical (unpaired) electrons. The maximum absolute atomic E-state index is 13.2. The first-order chi connectivity index (χ1) is 19.5. The Labute approximate surface area is 229 Å². The molecule has 3 atom stereocenters. The van der Waals surface area contributed by atoms with Crippen LogP contribution in [0.2, 0.25) is 0 Å². The molecule has 7 heterocycles. The van der Waals surface area contributed by atoms with Crippen LogP contribution in [0.25, 0.3) is 28.2 Å². The molecule has 2 aliphatic heterocycles. The van der Waals surface area contributed by atoms with Gasteiger partial charge < -0.3 is 20.2 Å². The number of aryl methyl sites for hydroxylation is 1. The second-order valence-electron chi connectivity index (χ2n) is 11.3. The number of fused-ring (bicyclic) bond motifs is 3. The van der Waals surface area contributed by atoms with Crippen LogP contribution in [0.5, 0.6) is 0 Å². The Morgan fingerprint density at radius 2 is 1.85 bits per heavy atom. The highest BCUT2D eigenvalue weighted by Gasteiger charge is 2.46. The van der Waals surface area contributed by atoms with Gasteiger partial charge in [0.1, 0.15) is 17.8 Å². The molecule has 202 valence electrons. The third-order valence-corrected chi connectivity index (χ3v) is 8.75. The average molecular weight is 536 g/mol. The fraction of sp³-hybridized carbons (Fsp3) is 0.393. The summed E-state index contributed by atoms with van der Waals surface area (Å²) in [6.45, 7) is 0. The first kappa shape index (κ1) is 23.3. The zero-order valence-electron chi connectivity index (χ0n) is 22.1. The summed E-state index contributed by atoms with van der Waals surface area (Å²) < 4.78 is 3.69. The summed E-state index contributed by atoms with van der Waals surface area (Å²) in [5, 5.41) is 12.4. The zero-order valence-corrected chi connectivity index (χ0v) is 22.1. The lowest BCUT2D eigenvalue weighted by molar-refractivity contribution is 0.0557. The second kappa shape index (κ2) is 8.70. The summed E-state index contributed by atoms with van der Waals surface area (Å²) in [6, 6.07) is 4.32. The van der Waals surface area contributed by atoms with Crippen molar-refractivity contribution in [2.24, 2.45) is 7.05 Å². The molecule has 2 saturated heterocycles. The molecule has 1 saturated carbocycles. The Hall–Kier alpha value is -4.61. The van der Waals surface area contributed by atoms with Gasteiger partial charge in [-0.25, -0.2) is 9.97 Å². The van der Waals surface area contributed by atoms with E-state index in [1.807, 2.05) is 47.2 Å². The number of nitrogen functional groups attached to an aromatic ring is 1. The van der Waals surface area contributed by atoms with Crippen molar-refractivity contribution >= 4 is 17.4 Å². The number of amides is 1.